The molecule has 8 heteroatoms. The minimum Gasteiger partial charge on any atom is -0.310 e. The molecular formula is C16H23F3N4S. The van der Waals surface area contributed by atoms with Crippen LogP contribution in [-0.4, -0.2) is 23.4 Å². The van der Waals surface area contributed by atoms with Crippen LogP contribution < -0.4 is 11.6 Å². The SMILES string of the molecule is C=N/C(=C/C(CC)c1ccccc1SC(F)(F)F)N(N)C(N)CC. The summed E-state index contributed by atoms with van der Waals surface area (Å²) in [4.78, 5) is 4.04. The van der Waals surface area contributed by atoms with Crippen molar-refractivity contribution in [2.45, 2.75) is 49.2 Å². The van der Waals surface area contributed by atoms with Crippen molar-refractivity contribution in [2.75, 3.05) is 0 Å². The van der Waals surface area contributed by atoms with Gasteiger partial charge in [-0.05, 0) is 49.0 Å². The molecule has 0 amide bonds. The maximum Gasteiger partial charge on any atom is 0.446 e. The van der Waals surface area contributed by atoms with Gasteiger partial charge in [-0.1, -0.05) is 32.0 Å². The Morgan fingerprint density at radius 2 is 1.96 bits per heavy atom. The van der Waals surface area contributed by atoms with E-state index in [9.17, 15) is 13.2 Å². The monoisotopic (exact) mass is 360 g/mol. The summed E-state index contributed by atoms with van der Waals surface area (Å²) in [5.74, 6) is 5.99. The zero-order valence-electron chi connectivity index (χ0n) is 13.8. The zero-order valence-corrected chi connectivity index (χ0v) is 14.6. The summed E-state index contributed by atoms with van der Waals surface area (Å²) in [6, 6.07) is 6.44. The third-order valence-electron chi connectivity index (χ3n) is 3.54. The van der Waals surface area contributed by atoms with Gasteiger partial charge in [0.25, 0.3) is 0 Å². The summed E-state index contributed by atoms with van der Waals surface area (Å²) in [5.41, 5.74) is 2.11. The highest BCUT2D eigenvalue weighted by atomic mass is 32.2. The second-order valence-corrected chi connectivity index (χ2v) is 6.27. The molecule has 24 heavy (non-hydrogen) atoms. The molecule has 0 aromatic heterocycles. The van der Waals surface area contributed by atoms with Crippen molar-refractivity contribution in [3.05, 3.63) is 41.7 Å². The smallest absolute Gasteiger partial charge is 0.310 e. The lowest BCUT2D eigenvalue weighted by molar-refractivity contribution is -0.0328. The molecule has 0 fully saturated rings. The van der Waals surface area contributed by atoms with Gasteiger partial charge in [0.1, 0.15) is 5.82 Å². The number of hydrogen-bond acceptors (Lipinski definition) is 5. The zero-order chi connectivity index (χ0) is 18.3. The van der Waals surface area contributed by atoms with Crippen molar-refractivity contribution in [3.63, 3.8) is 0 Å². The van der Waals surface area contributed by atoms with Gasteiger partial charge in [0, 0.05) is 10.8 Å². The summed E-state index contributed by atoms with van der Waals surface area (Å²) in [5, 5.41) is 1.29. The summed E-state index contributed by atoms with van der Waals surface area (Å²) in [6.45, 7) is 7.24. The lowest BCUT2D eigenvalue weighted by Crippen LogP contribution is -2.45. The predicted octanol–water partition coefficient (Wildman–Crippen LogP) is 4.20. The number of rotatable bonds is 8. The predicted molar refractivity (Wildman–Crippen MR) is 93.3 cm³/mol. The number of halogens is 3. The Bertz CT molecular complexity index is 575. The van der Waals surface area contributed by atoms with Crippen LogP contribution in [0, 0.1) is 0 Å². The van der Waals surface area contributed by atoms with E-state index in [0.717, 1.165) is 0 Å². The first kappa shape index (κ1) is 20.5. The Hall–Kier alpha value is -1.51. The van der Waals surface area contributed by atoms with Crippen LogP contribution in [0.5, 0.6) is 0 Å². The van der Waals surface area contributed by atoms with Crippen molar-refractivity contribution >= 4 is 18.5 Å². The van der Waals surface area contributed by atoms with Crippen LogP contribution in [0.15, 0.2) is 46.1 Å². The summed E-state index contributed by atoms with van der Waals surface area (Å²) >= 11 is -0.120. The van der Waals surface area contributed by atoms with E-state index in [1.54, 1.807) is 24.3 Å². The summed E-state index contributed by atoms with van der Waals surface area (Å²) in [7, 11) is 0. The molecule has 134 valence electrons. The van der Waals surface area contributed by atoms with Crippen LogP contribution in [0.1, 0.15) is 38.2 Å². The molecule has 0 spiro atoms. The number of benzene rings is 1. The van der Waals surface area contributed by atoms with Gasteiger partial charge in [0.15, 0.2) is 0 Å². The average Bonchev–Trinajstić information content (AvgIpc) is 2.54. The second-order valence-electron chi connectivity index (χ2n) is 5.17. The van der Waals surface area contributed by atoms with Crippen molar-refractivity contribution in [1.82, 2.24) is 5.01 Å². The van der Waals surface area contributed by atoms with E-state index in [1.165, 1.54) is 11.1 Å². The number of thioether (sulfide) groups is 1. The lowest BCUT2D eigenvalue weighted by Gasteiger charge is -2.26. The highest BCUT2D eigenvalue weighted by Gasteiger charge is 2.31. The van der Waals surface area contributed by atoms with E-state index in [2.05, 4.69) is 11.7 Å². The van der Waals surface area contributed by atoms with Crippen molar-refractivity contribution in [1.29, 1.82) is 0 Å². The lowest BCUT2D eigenvalue weighted by atomic mass is 9.96. The first-order chi connectivity index (χ1) is 11.2. The molecule has 1 aromatic carbocycles. The largest absolute Gasteiger partial charge is 0.446 e. The molecular weight excluding hydrogens is 337 g/mol. The minimum absolute atomic E-state index is 0.120. The van der Waals surface area contributed by atoms with Crippen LogP contribution in [0.4, 0.5) is 13.2 Å². The third-order valence-corrected chi connectivity index (χ3v) is 4.36. The normalized spacial score (nSPS) is 15.0. The molecule has 0 aliphatic heterocycles. The highest BCUT2D eigenvalue weighted by molar-refractivity contribution is 8.00. The molecule has 2 unspecified atom stereocenters. The van der Waals surface area contributed by atoms with E-state index in [4.69, 9.17) is 11.6 Å². The number of hydrogen-bond donors (Lipinski definition) is 2. The molecule has 0 saturated carbocycles. The maximum atomic E-state index is 12.8. The number of hydrazine groups is 1. The number of allylic oxidation sites excluding steroid dienone is 1. The van der Waals surface area contributed by atoms with Gasteiger partial charge in [-0.15, -0.1) is 0 Å². The molecule has 0 bridgehead atoms. The second kappa shape index (κ2) is 9.10. The van der Waals surface area contributed by atoms with E-state index < -0.39 is 11.7 Å². The van der Waals surface area contributed by atoms with E-state index in [0.29, 0.717) is 24.2 Å². The number of alkyl halides is 3. The fraction of sp³-hybridized carbons (Fsp3) is 0.438. The Morgan fingerprint density at radius 3 is 2.46 bits per heavy atom. The van der Waals surface area contributed by atoms with Gasteiger partial charge in [-0.2, -0.15) is 13.2 Å². The average molecular weight is 360 g/mol. The van der Waals surface area contributed by atoms with Gasteiger partial charge >= 0.3 is 5.51 Å². The topological polar surface area (TPSA) is 67.6 Å². The standard InChI is InChI=1S/C16H23F3N4S/c1-4-11(10-15(22-3)23(21)14(20)5-2)12-8-6-7-9-13(12)24-16(17,18)19/h6-11,14H,3-5,20-21H2,1-2H3/b15-10-. The van der Waals surface area contributed by atoms with Crippen molar-refractivity contribution in [2.24, 2.45) is 16.6 Å². The fourth-order valence-electron chi connectivity index (χ4n) is 2.20. The molecule has 0 aliphatic rings. The first-order valence-corrected chi connectivity index (χ1v) is 8.37. The van der Waals surface area contributed by atoms with Gasteiger partial charge in [-0.25, -0.2) is 10.8 Å². The van der Waals surface area contributed by atoms with Crippen LogP contribution in [0.2, 0.25) is 0 Å². The minimum atomic E-state index is -4.35. The van der Waals surface area contributed by atoms with Crippen LogP contribution in [-0.2, 0) is 0 Å². The highest BCUT2D eigenvalue weighted by Crippen LogP contribution is 2.41. The number of nitrogens with two attached hydrogens (primary N) is 2. The molecule has 1 rings (SSSR count). The van der Waals surface area contributed by atoms with Gasteiger partial charge in [0.05, 0.1) is 6.17 Å². The van der Waals surface area contributed by atoms with E-state index >= 15 is 0 Å². The quantitative estimate of drug-likeness (QED) is 0.240. The number of nitrogens with zero attached hydrogens (tertiary/aromatic N) is 2. The van der Waals surface area contributed by atoms with E-state index in [1.807, 2.05) is 13.8 Å². The Labute approximate surface area is 144 Å². The molecule has 4 N–H and O–H groups in total. The van der Waals surface area contributed by atoms with E-state index in [-0.39, 0.29) is 22.6 Å². The maximum absolute atomic E-state index is 12.8. The molecule has 0 aliphatic carbocycles. The van der Waals surface area contributed by atoms with Gasteiger partial charge in [-0.3, -0.25) is 5.01 Å². The Balaban J connectivity index is 3.22. The summed E-state index contributed by atoms with van der Waals surface area (Å²) in [6.07, 6.45) is 2.45. The molecule has 0 radical (unpaired) electrons. The van der Waals surface area contributed by atoms with Gasteiger partial charge < -0.3 is 5.73 Å². The molecule has 0 saturated heterocycles. The first-order valence-electron chi connectivity index (χ1n) is 7.56. The molecule has 4 nitrogen and oxygen atoms in total. The fourth-order valence-corrected chi connectivity index (χ4v) is 2.93. The molecule has 2 atom stereocenters. The third kappa shape index (κ3) is 5.85. The number of aliphatic imine (C=N–C) groups is 1. The molecule has 1 aromatic rings. The van der Waals surface area contributed by atoms with Crippen LogP contribution in [0.3, 0.4) is 0 Å². The Morgan fingerprint density at radius 1 is 1.33 bits per heavy atom. The van der Waals surface area contributed by atoms with Crippen molar-refractivity contribution in [3.8, 4) is 0 Å². The van der Waals surface area contributed by atoms with Crippen molar-refractivity contribution < 1.29 is 13.2 Å². The Kier molecular flexibility index (Phi) is 7.78. The molecule has 0 heterocycles. The van der Waals surface area contributed by atoms with Crippen LogP contribution in [0.25, 0.3) is 0 Å². The summed E-state index contributed by atoms with van der Waals surface area (Å²) < 4.78 is 38.3. The van der Waals surface area contributed by atoms with Gasteiger partial charge in [0.2, 0.25) is 0 Å². The van der Waals surface area contributed by atoms with Crippen LogP contribution >= 0.6 is 11.8 Å².